The molecular formula is C24H23N3O4S. The maximum Gasteiger partial charge on any atom is 0.334 e. The molecule has 1 aliphatic carbocycles. The molecule has 32 heavy (non-hydrogen) atoms. The summed E-state index contributed by atoms with van der Waals surface area (Å²) in [7, 11) is 0. The van der Waals surface area contributed by atoms with Crippen LogP contribution in [-0.4, -0.2) is 51.9 Å². The predicted molar refractivity (Wildman–Crippen MR) is 120 cm³/mol. The molecule has 5 amide bonds. The van der Waals surface area contributed by atoms with Gasteiger partial charge in [0.1, 0.15) is 6.54 Å². The molecule has 0 N–H and O–H groups in total. The van der Waals surface area contributed by atoms with Crippen molar-refractivity contribution >= 4 is 41.2 Å². The number of para-hydroxylation sites is 1. The summed E-state index contributed by atoms with van der Waals surface area (Å²) in [5.74, 6) is -1.45. The highest BCUT2D eigenvalue weighted by molar-refractivity contribution is 7.99. The third-order valence-corrected chi connectivity index (χ3v) is 7.49. The highest BCUT2D eigenvalue weighted by atomic mass is 32.2. The third-order valence-electron chi connectivity index (χ3n) is 6.35. The zero-order valence-corrected chi connectivity index (χ0v) is 18.3. The van der Waals surface area contributed by atoms with Crippen molar-refractivity contribution in [2.24, 2.45) is 0 Å². The van der Waals surface area contributed by atoms with Crippen LogP contribution in [0, 0.1) is 0 Å². The first-order valence-corrected chi connectivity index (χ1v) is 11.8. The van der Waals surface area contributed by atoms with Gasteiger partial charge in [0.15, 0.2) is 0 Å². The van der Waals surface area contributed by atoms with Crippen molar-refractivity contribution in [3.8, 4) is 0 Å². The van der Waals surface area contributed by atoms with Gasteiger partial charge < -0.3 is 4.90 Å². The number of carbonyl (C=O) groups excluding carboxylic acids is 4. The Morgan fingerprint density at radius 1 is 0.906 bits per heavy atom. The summed E-state index contributed by atoms with van der Waals surface area (Å²) >= 11 is 1.67. The van der Waals surface area contributed by atoms with Gasteiger partial charge in [0, 0.05) is 16.7 Å². The van der Waals surface area contributed by atoms with Gasteiger partial charge >= 0.3 is 17.8 Å². The van der Waals surface area contributed by atoms with Gasteiger partial charge in [-0.05, 0) is 30.5 Å². The monoisotopic (exact) mass is 449 g/mol. The van der Waals surface area contributed by atoms with E-state index in [1.54, 1.807) is 16.7 Å². The first kappa shape index (κ1) is 20.8. The van der Waals surface area contributed by atoms with Crippen LogP contribution in [0.3, 0.4) is 0 Å². The molecule has 2 fully saturated rings. The van der Waals surface area contributed by atoms with Gasteiger partial charge in [-0.3, -0.25) is 19.3 Å². The lowest BCUT2D eigenvalue weighted by Gasteiger charge is -2.37. The van der Waals surface area contributed by atoms with E-state index in [0.717, 1.165) is 38.8 Å². The molecule has 7 nitrogen and oxygen atoms in total. The number of urea groups is 1. The molecule has 0 bridgehead atoms. The Hall–Kier alpha value is -3.13. The molecule has 2 aromatic rings. The van der Waals surface area contributed by atoms with Gasteiger partial charge in [0.05, 0.1) is 11.7 Å². The number of hydrogen-bond acceptors (Lipinski definition) is 5. The molecule has 2 heterocycles. The Kier molecular flexibility index (Phi) is 5.46. The van der Waals surface area contributed by atoms with Crippen molar-refractivity contribution in [2.45, 2.75) is 42.7 Å². The maximum atomic E-state index is 13.6. The molecule has 1 saturated carbocycles. The first-order chi connectivity index (χ1) is 15.6. The number of nitrogens with zero attached hydrogens (tertiary/aromatic N) is 3. The van der Waals surface area contributed by atoms with E-state index in [1.807, 2.05) is 54.6 Å². The number of thioether (sulfide) groups is 1. The number of anilines is 1. The smallest absolute Gasteiger partial charge is 0.301 e. The van der Waals surface area contributed by atoms with Crippen molar-refractivity contribution in [3.63, 3.8) is 0 Å². The summed E-state index contributed by atoms with van der Waals surface area (Å²) in [5, 5.41) is 0. The van der Waals surface area contributed by atoms with Crippen LogP contribution in [0.1, 0.15) is 37.3 Å². The maximum absolute atomic E-state index is 13.6. The van der Waals surface area contributed by atoms with Crippen LogP contribution in [0.25, 0.3) is 0 Å². The van der Waals surface area contributed by atoms with E-state index in [2.05, 4.69) is 0 Å². The number of hydrogen-bond donors (Lipinski definition) is 0. The molecule has 164 valence electrons. The second-order valence-electron chi connectivity index (χ2n) is 8.26. The van der Waals surface area contributed by atoms with Gasteiger partial charge in [-0.2, -0.15) is 0 Å². The molecule has 2 aliphatic heterocycles. The standard InChI is InChI=1S/C24H23N3O4S/c28-21(14-25-22(29)23(30)26(24(25)31)17-10-4-5-11-17)27-18-12-6-7-13-20(18)32-15-19(27)16-8-2-1-3-9-16/h1-3,6-9,12-13,17,19H,4-5,10-11,14-15H2/t19-/m0/s1. The summed E-state index contributed by atoms with van der Waals surface area (Å²) in [6, 6.07) is 16.2. The normalized spacial score (nSPS) is 21.4. The summed E-state index contributed by atoms with van der Waals surface area (Å²) in [5.41, 5.74) is 1.73. The van der Waals surface area contributed by atoms with E-state index >= 15 is 0 Å². The van der Waals surface area contributed by atoms with Gasteiger partial charge in [-0.25, -0.2) is 9.69 Å². The van der Waals surface area contributed by atoms with Crippen LogP contribution in [-0.2, 0) is 14.4 Å². The molecule has 0 radical (unpaired) electrons. The second-order valence-corrected chi connectivity index (χ2v) is 9.32. The lowest BCUT2D eigenvalue weighted by Crippen LogP contribution is -2.47. The van der Waals surface area contributed by atoms with E-state index in [1.165, 1.54) is 0 Å². The van der Waals surface area contributed by atoms with Crippen LogP contribution in [0.15, 0.2) is 59.5 Å². The number of carbonyl (C=O) groups is 4. The minimum Gasteiger partial charge on any atom is -0.301 e. The highest BCUT2D eigenvalue weighted by Gasteiger charge is 2.49. The van der Waals surface area contributed by atoms with E-state index in [4.69, 9.17) is 0 Å². The molecule has 0 unspecified atom stereocenters. The number of benzene rings is 2. The van der Waals surface area contributed by atoms with Crippen LogP contribution in [0.5, 0.6) is 0 Å². The minimum absolute atomic E-state index is 0.238. The number of rotatable bonds is 4. The molecule has 0 aromatic heterocycles. The lowest BCUT2D eigenvalue weighted by atomic mass is 10.1. The molecule has 2 aromatic carbocycles. The quantitative estimate of drug-likeness (QED) is 0.527. The van der Waals surface area contributed by atoms with Crippen molar-refractivity contribution in [2.75, 3.05) is 17.2 Å². The van der Waals surface area contributed by atoms with E-state index in [0.29, 0.717) is 18.6 Å². The van der Waals surface area contributed by atoms with Crippen molar-refractivity contribution in [1.29, 1.82) is 0 Å². The molecule has 1 saturated heterocycles. The Morgan fingerprint density at radius 2 is 1.59 bits per heavy atom. The predicted octanol–water partition coefficient (Wildman–Crippen LogP) is 3.60. The van der Waals surface area contributed by atoms with Crippen LogP contribution in [0.4, 0.5) is 10.5 Å². The van der Waals surface area contributed by atoms with E-state index in [9.17, 15) is 19.2 Å². The molecular weight excluding hydrogens is 426 g/mol. The van der Waals surface area contributed by atoms with Crippen molar-refractivity contribution < 1.29 is 19.2 Å². The molecule has 1 atom stereocenters. The minimum atomic E-state index is -0.911. The summed E-state index contributed by atoms with van der Waals surface area (Å²) in [6.45, 7) is -0.449. The molecule has 5 rings (SSSR count). The number of fused-ring (bicyclic) bond motifs is 1. The zero-order valence-electron chi connectivity index (χ0n) is 17.5. The average Bonchev–Trinajstić information content (AvgIpc) is 3.42. The third kappa shape index (κ3) is 3.48. The lowest BCUT2D eigenvalue weighted by molar-refractivity contribution is -0.144. The fourth-order valence-corrected chi connectivity index (χ4v) is 5.94. The van der Waals surface area contributed by atoms with Crippen LogP contribution < -0.4 is 4.90 Å². The summed E-state index contributed by atoms with van der Waals surface area (Å²) in [6.07, 6.45) is 3.27. The van der Waals surface area contributed by atoms with Crippen LogP contribution >= 0.6 is 11.8 Å². The Morgan fingerprint density at radius 3 is 2.34 bits per heavy atom. The molecule has 8 heteroatoms. The first-order valence-electron chi connectivity index (χ1n) is 10.8. The Labute approximate surface area is 190 Å². The Balaban J connectivity index is 1.44. The van der Waals surface area contributed by atoms with Gasteiger partial charge in [0.2, 0.25) is 5.91 Å². The van der Waals surface area contributed by atoms with Gasteiger partial charge in [0.25, 0.3) is 0 Å². The summed E-state index contributed by atoms with van der Waals surface area (Å²) < 4.78 is 0. The van der Waals surface area contributed by atoms with E-state index in [-0.39, 0.29) is 18.0 Å². The fraction of sp³-hybridized carbons (Fsp3) is 0.333. The average molecular weight is 450 g/mol. The highest BCUT2D eigenvalue weighted by Crippen LogP contribution is 2.43. The van der Waals surface area contributed by atoms with Gasteiger partial charge in [-0.1, -0.05) is 55.3 Å². The van der Waals surface area contributed by atoms with Crippen molar-refractivity contribution in [1.82, 2.24) is 9.80 Å². The Bertz CT molecular complexity index is 1080. The molecule has 3 aliphatic rings. The number of amides is 5. The van der Waals surface area contributed by atoms with Gasteiger partial charge in [-0.15, -0.1) is 11.8 Å². The van der Waals surface area contributed by atoms with Crippen molar-refractivity contribution in [3.05, 3.63) is 60.2 Å². The number of imide groups is 2. The summed E-state index contributed by atoms with van der Waals surface area (Å²) in [4.78, 5) is 56.2. The van der Waals surface area contributed by atoms with Crippen LogP contribution in [0.2, 0.25) is 0 Å². The topological polar surface area (TPSA) is 78.0 Å². The SMILES string of the molecule is O=C1C(=O)N(C2CCCC2)C(=O)N1CC(=O)N1c2ccccc2SC[C@H]1c1ccccc1. The fourth-order valence-electron chi connectivity index (χ4n) is 4.78. The zero-order chi connectivity index (χ0) is 22.2. The molecule has 0 spiro atoms. The largest absolute Gasteiger partial charge is 0.334 e. The second kappa shape index (κ2) is 8.43. The van der Waals surface area contributed by atoms with E-state index < -0.39 is 24.4 Å².